The number of benzene rings is 1. The number of phenolic OH excluding ortho intramolecular Hbond substituents is 1. The summed E-state index contributed by atoms with van der Waals surface area (Å²) >= 11 is 0. The molecule has 0 spiro atoms. The van der Waals surface area contributed by atoms with Crippen LogP contribution in [0, 0.1) is 0 Å². The quantitative estimate of drug-likeness (QED) is 0.670. The minimum Gasteiger partial charge on any atom is -0.508 e. The Bertz CT molecular complexity index is 233. The van der Waals surface area contributed by atoms with Crippen molar-refractivity contribution in [2.24, 2.45) is 0 Å². The lowest BCUT2D eigenvalue weighted by molar-refractivity contribution is 0.470. The van der Waals surface area contributed by atoms with E-state index in [4.69, 9.17) is 0 Å². The van der Waals surface area contributed by atoms with Crippen molar-refractivity contribution in [3.8, 4) is 5.75 Å². The third kappa shape index (κ3) is 2.68. The van der Waals surface area contributed by atoms with E-state index in [0.717, 1.165) is 12.0 Å². The third-order valence-electron chi connectivity index (χ3n) is 1.36. The second-order valence-corrected chi connectivity index (χ2v) is 2.12. The molecule has 2 radical (unpaired) electrons. The summed E-state index contributed by atoms with van der Waals surface area (Å²) in [6.07, 6.45) is 2.50. The molecule has 0 aliphatic rings. The molecule has 2 heteroatoms. The molecule has 1 nitrogen and oxygen atoms in total. The van der Waals surface area contributed by atoms with E-state index in [-0.39, 0.29) is 13.5 Å². The van der Waals surface area contributed by atoms with E-state index in [1.165, 1.54) is 0 Å². The molecule has 0 fully saturated rings. The average molecular weight is 166 g/mol. The molecule has 0 aliphatic heterocycles. The number of para-hydroxylation sites is 1. The predicted octanol–water partition coefficient (Wildman–Crippen LogP) is 2.77. The fourth-order valence-corrected chi connectivity index (χ4v) is 0.839. The minimum absolute atomic E-state index is 0. The molecule has 0 bridgehead atoms. The van der Waals surface area contributed by atoms with Gasteiger partial charge in [-0.05, 0) is 18.1 Å². The molecule has 1 aromatic carbocycles. The van der Waals surface area contributed by atoms with Gasteiger partial charge in [-0.2, -0.15) is 0 Å². The maximum Gasteiger partial charge on any atom is 0.119 e. The second kappa shape index (κ2) is 4.85. The van der Waals surface area contributed by atoms with Crippen molar-refractivity contribution < 1.29 is 5.11 Å². The Labute approximate surface area is 73.8 Å². The van der Waals surface area contributed by atoms with Crippen molar-refractivity contribution in [1.29, 1.82) is 0 Å². The Hall–Kier alpha value is -0.890. The van der Waals surface area contributed by atoms with Gasteiger partial charge in [0.15, 0.2) is 0 Å². The Kier molecular flexibility index (Phi) is 4.46. The monoisotopic (exact) mass is 166 g/mol. The molecule has 1 N–H and O–H groups in total. The Balaban J connectivity index is 0.000001000. The lowest BCUT2D eigenvalue weighted by atomic mass is 10.1. The SMILES string of the molecule is C=CCc1ccccc1O.[S]. The number of rotatable bonds is 2. The van der Waals surface area contributed by atoms with Gasteiger partial charge in [0, 0.05) is 13.5 Å². The second-order valence-electron chi connectivity index (χ2n) is 2.12. The van der Waals surface area contributed by atoms with E-state index in [0.29, 0.717) is 5.75 Å². The summed E-state index contributed by atoms with van der Waals surface area (Å²) in [5, 5.41) is 9.19. The van der Waals surface area contributed by atoms with Crippen molar-refractivity contribution in [3.63, 3.8) is 0 Å². The van der Waals surface area contributed by atoms with E-state index in [2.05, 4.69) is 6.58 Å². The first kappa shape index (κ1) is 10.1. The zero-order chi connectivity index (χ0) is 7.40. The van der Waals surface area contributed by atoms with Crippen molar-refractivity contribution in [2.75, 3.05) is 0 Å². The van der Waals surface area contributed by atoms with Gasteiger partial charge in [0.1, 0.15) is 5.75 Å². The molecule has 1 rings (SSSR count). The van der Waals surface area contributed by atoms with E-state index in [9.17, 15) is 5.11 Å². The van der Waals surface area contributed by atoms with E-state index in [1.54, 1.807) is 12.1 Å². The van der Waals surface area contributed by atoms with Crippen LogP contribution < -0.4 is 0 Å². The highest BCUT2D eigenvalue weighted by Gasteiger charge is 1.93. The standard InChI is InChI=1S/C9H10O.S/c1-2-5-8-6-3-4-7-9(8)10;/h2-4,6-7,10H,1,5H2;. The highest BCUT2D eigenvalue weighted by molar-refractivity contribution is 7.59. The molecule has 0 atom stereocenters. The van der Waals surface area contributed by atoms with Gasteiger partial charge in [-0.3, -0.25) is 0 Å². The van der Waals surface area contributed by atoms with Gasteiger partial charge in [-0.1, -0.05) is 24.3 Å². The molecule has 0 aliphatic carbocycles. The smallest absolute Gasteiger partial charge is 0.119 e. The Morgan fingerprint density at radius 2 is 2.00 bits per heavy atom. The summed E-state index contributed by atoms with van der Waals surface area (Å²) in [5.41, 5.74) is 0.928. The van der Waals surface area contributed by atoms with Crippen LogP contribution in [0.3, 0.4) is 0 Å². The molecule has 0 aromatic heterocycles. The van der Waals surface area contributed by atoms with Gasteiger partial charge in [0.05, 0.1) is 0 Å². The van der Waals surface area contributed by atoms with Gasteiger partial charge in [-0.15, -0.1) is 6.58 Å². The zero-order valence-corrected chi connectivity index (χ0v) is 6.97. The lowest BCUT2D eigenvalue weighted by Crippen LogP contribution is -1.79. The molecule has 1 aromatic rings. The summed E-state index contributed by atoms with van der Waals surface area (Å²) < 4.78 is 0. The largest absolute Gasteiger partial charge is 0.508 e. The van der Waals surface area contributed by atoms with Crippen molar-refractivity contribution >= 4 is 13.5 Å². The van der Waals surface area contributed by atoms with Crippen LogP contribution in [0.5, 0.6) is 5.75 Å². The van der Waals surface area contributed by atoms with E-state index >= 15 is 0 Å². The minimum atomic E-state index is 0. The number of allylic oxidation sites excluding steroid dienone is 1. The molecular formula is C9H10OS. The van der Waals surface area contributed by atoms with Crippen LogP contribution in [0.15, 0.2) is 36.9 Å². The molecule has 0 saturated heterocycles. The fourth-order valence-electron chi connectivity index (χ4n) is 0.839. The normalized spacial score (nSPS) is 8.36. The van der Waals surface area contributed by atoms with Crippen LogP contribution in [-0.4, -0.2) is 5.11 Å². The van der Waals surface area contributed by atoms with Crippen LogP contribution in [0.1, 0.15) is 5.56 Å². The summed E-state index contributed by atoms with van der Waals surface area (Å²) in [5.74, 6) is 0.349. The Morgan fingerprint density at radius 1 is 1.36 bits per heavy atom. The highest BCUT2D eigenvalue weighted by Crippen LogP contribution is 2.15. The van der Waals surface area contributed by atoms with E-state index < -0.39 is 0 Å². The molecule has 0 amide bonds. The molecule has 0 saturated carbocycles. The summed E-state index contributed by atoms with van der Waals surface area (Å²) in [6, 6.07) is 7.27. The fraction of sp³-hybridized carbons (Fsp3) is 0.111. The van der Waals surface area contributed by atoms with Crippen LogP contribution in [-0.2, 0) is 6.42 Å². The molecule has 0 heterocycles. The molecule has 11 heavy (non-hydrogen) atoms. The number of hydrogen-bond acceptors (Lipinski definition) is 1. The summed E-state index contributed by atoms with van der Waals surface area (Å²) in [4.78, 5) is 0. The van der Waals surface area contributed by atoms with Gasteiger partial charge < -0.3 is 5.11 Å². The predicted molar refractivity (Wildman–Crippen MR) is 49.6 cm³/mol. The van der Waals surface area contributed by atoms with Gasteiger partial charge in [0.2, 0.25) is 0 Å². The summed E-state index contributed by atoms with van der Waals surface area (Å²) in [6.45, 7) is 3.59. The van der Waals surface area contributed by atoms with Crippen LogP contribution in [0.2, 0.25) is 0 Å². The summed E-state index contributed by atoms with van der Waals surface area (Å²) in [7, 11) is 0. The number of phenols is 1. The molecular weight excluding hydrogens is 156 g/mol. The zero-order valence-electron chi connectivity index (χ0n) is 6.16. The van der Waals surface area contributed by atoms with Crippen molar-refractivity contribution in [2.45, 2.75) is 6.42 Å². The van der Waals surface area contributed by atoms with Crippen LogP contribution >= 0.6 is 13.5 Å². The first-order valence-corrected chi connectivity index (χ1v) is 3.22. The van der Waals surface area contributed by atoms with Crippen LogP contribution in [0.4, 0.5) is 0 Å². The van der Waals surface area contributed by atoms with Crippen molar-refractivity contribution in [3.05, 3.63) is 42.5 Å². The van der Waals surface area contributed by atoms with Gasteiger partial charge in [0.25, 0.3) is 0 Å². The lowest BCUT2D eigenvalue weighted by Gasteiger charge is -1.97. The van der Waals surface area contributed by atoms with E-state index in [1.807, 2.05) is 18.2 Å². The van der Waals surface area contributed by atoms with Gasteiger partial charge in [-0.25, -0.2) is 0 Å². The molecule has 0 unspecified atom stereocenters. The highest BCUT2D eigenvalue weighted by atomic mass is 32.1. The molecule has 58 valence electrons. The number of hydrogen-bond donors (Lipinski definition) is 1. The van der Waals surface area contributed by atoms with Crippen molar-refractivity contribution in [1.82, 2.24) is 0 Å². The number of aromatic hydroxyl groups is 1. The maximum atomic E-state index is 9.19. The first-order chi connectivity index (χ1) is 4.84. The Morgan fingerprint density at radius 3 is 2.55 bits per heavy atom. The van der Waals surface area contributed by atoms with Gasteiger partial charge >= 0.3 is 0 Å². The first-order valence-electron chi connectivity index (χ1n) is 3.22. The maximum absolute atomic E-state index is 9.19. The third-order valence-corrected chi connectivity index (χ3v) is 1.36. The van der Waals surface area contributed by atoms with Crippen LogP contribution in [0.25, 0.3) is 0 Å². The topological polar surface area (TPSA) is 20.2 Å². The average Bonchev–Trinajstić information content (AvgIpc) is 1.94.